The molecule has 0 saturated carbocycles. The van der Waals surface area contributed by atoms with Crippen molar-refractivity contribution >= 4 is 11.9 Å². The Kier molecular flexibility index (Phi) is 6.44. The predicted molar refractivity (Wildman–Crippen MR) is 102 cm³/mol. The van der Waals surface area contributed by atoms with E-state index in [2.05, 4.69) is 5.10 Å². The second-order valence-corrected chi connectivity index (χ2v) is 7.50. The highest BCUT2D eigenvalue weighted by Crippen LogP contribution is 2.35. The van der Waals surface area contributed by atoms with Crippen LogP contribution < -0.4 is 0 Å². The molecular formula is C21H26FN3O3. The van der Waals surface area contributed by atoms with Gasteiger partial charge in [0, 0.05) is 32.8 Å². The van der Waals surface area contributed by atoms with Crippen LogP contribution in [0.25, 0.3) is 0 Å². The van der Waals surface area contributed by atoms with E-state index in [0.717, 1.165) is 24.0 Å². The second-order valence-electron chi connectivity index (χ2n) is 7.50. The van der Waals surface area contributed by atoms with Crippen LogP contribution in [-0.4, -0.2) is 44.8 Å². The van der Waals surface area contributed by atoms with Gasteiger partial charge >= 0.3 is 5.97 Å². The number of carboxylic acid groups (broad SMARTS) is 1. The van der Waals surface area contributed by atoms with E-state index < -0.39 is 5.97 Å². The van der Waals surface area contributed by atoms with Crippen LogP contribution in [-0.2, 0) is 23.1 Å². The number of piperidine rings is 1. The molecule has 1 aliphatic rings. The van der Waals surface area contributed by atoms with E-state index in [1.807, 2.05) is 18.1 Å². The zero-order valence-electron chi connectivity index (χ0n) is 16.1. The van der Waals surface area contributed by atoms with Crippen molar-refractivity contribution in [3.05, 3.63) is 53.6 Å². The molecule has 2 heterocycles. The molecule has 2 aromatic rings. The largest absolute Gasteiger partial charge is 0.481 e. The van der Waals surface area contributed by atoms with Crippen LogP contribution in [0.3, 0.4) is 0 Å². The van der Waals surface area contributed by atoms with Crippen LogP contribution in [0.4, 0.5) is 4.39 Å². The van der Waals surface area contributed by atoms with Crippen molar-refractivity contribution in [3.63, 3.8) is 0 Å². The average molecular weight is 387 g/mol. The van der Waals surface area contributed by atoms with Crippen molar-refractivity contribution in [2.45, 2.75) is 38.0 Å². The van der Waals surface area contributed by atoms with Crippen LogP contribution in [0, 0.1) is 11.7 Å². The summed E-state index contributed by atoms with van der Waals surface area (Å²) >= 11 is 0. The number of carbonyl (C=O) groups is 2. The van der Waals surface area contributed by atoms with Gasteiger partial charge in [0.1, 0.15) is 5.82 Å². The van der Waals surface area contributed by atoms with Gasteiger partial charge < -0.3 is 10.0 Å². The lowest BCUT2D eigenvalue weighted by Gasteiger charge is -2.36. The van der Waals surface area contributed by atoms with Gasteiger partial charge in [0.05, 0.1) is 12.6 Å². The molecule has 6 nitrogen and oxygen atoms in total. The lowest BCUT2D eigenvalue weighted by molar-refractivity contribution is -0.138. The number of aliphatic carboxylic acids is 1. The molecular weight excluding hydrogens is 361 g/mol. The Morgan fingerprint density at radius 3 is 2.50 bits per heavy atom. The van der Waals surface area contributed by atoms with E-state index in [1.165, 1.54) is 12.1 Å². The summed E-state index contributed by atoms with van der Waals surface area (Å²) in [6, 6.07) is 6.10. The van der Waals surface area contributed by atoms with Crippen LogP contribution in [0.2, 0.25) is 0 Å². The Balaban J connectivity index is 1.56. The number of aromatic nitrogens is 2. The summed E-state index contributed by atoms with van der Waals surface area (Å²) in [5.74, 6) is -1.05. The smallest absolute Gasteiger partial charge is 0.303 e. The molecule has 1 aromatic heterocycles. The fourth-order valence-electron chi connectivity index (χ4n) is 4.02. The van der Waals surface area contributed by atoms with Gasteiger partial charge in [-0.25, -0.2) is 4.39 Å². The minimum Gasteiger partial charge on any atom is -0.481 e. The Morgan fingerprint density at radius 1 is 1.25 bits per heavy atom. The van der Waals surface area contributed by atoms with Crippen molar-refractivity contribution in [1.29, 1.82) is 0 Å². The first-order valence-corrected chi connectivity index (χ1v) is 9.65. The Bertz CT molecular complexity index is 811. The van der Waals surface area contributed by atoms with E-state index in [0.29, 0.717) is 25.9 Å². The van der Waals surface area contributed by atoms with Gasteiger partial charge in [-0.3, -0.25) is 14.3 Å². The molecule has 1 saturated heterocycles. The van der Waals surface area contributed by atoms with Crippen LogP contribution in [0.1, 0.15) is 42.7 Å². The normalized spacial score (nSPS) is 16.1. The van der Waals surface area contributed by atoms with Gasteiger partial charge in [-0.15, -0.1) is 0 Å². The summed E-state index contributed by atoms with van der Waals surface area (Å²) in [5, 5.41) is 13.4. The number of halogens is 1. The summed E-state index contributed by atoms with van der Waals surface area (Å²) < 4.78 is 15.0. The SMILES string of the molecule is Cn1cc(CCC(=O)N2CCC([C@@H](CC(=O)O)c3ccc(F)cc3)CC2)cn1. The Morgan fingerprint density at radius 2 is 1.93 bits per heavy atom. The third kappa shape index (κ3) is 5.18. The number of likely N-dealkylation sites (tertiary alicyclic amines) is 1. The van der Waals surface area contributed by atoms with Gasteiger partial charge in [0.2, 0.25) is 5.91 Å². The lowest BCUT2D eigenvalue weighted by Crippen LogP contribution is -2.40. The number of rotatable bonds is 7. The minimum atomic E-state index is -0.857. The van der Waals surface area contributed by atoms with Crippen molar-refractivity contribution in [2.24, 2.45) is 13.0 Å². The first kappa shape index (κ1) is 20.0. The molecule has 0 aliphatic carbocycles. The molecule has 0 bridgehead atoms. The molecule has 0 spiro atoms. The zero-order valence-corrected chi connectivity index (χ0v) is 16.1. The van der Waals surface area contributed by atoms with Crippen LogP contribution >= 0.6 is 0 Å². The molecule has 28 heavy (non-hydrogen) atoms. The predicted octanol–water partition coefficient (Wildman–Crippen LogP) is 2.99. The number of hydrogen-bond donors (Lipinski definition) is 1. The second kappa shape index (κ2) is 8.99. The maximum Gasteiger partial charge on any atom is 0.303 e. The molecule has 3 rings (SSSR count). The fourth-order valence-corrected chi connectivity index (χ4v) is 4.02. The molecule has 7 heteroatoms. The number of aryl methyl sites for hydroxylation is 2. The number of benzene rings is 1. The van der Waals surface area contributed by atoms with Gasteiger partial charge in [-0.05, 0) is 54.4 Å². The third-order valence-corrected chi connectivity index (χ3v) is 5.54. The van der Waals surface area contributed by atoms with Gasteiger partial charge in [-0.1, -0.05) is 12.1 Å². The molecule has 1 fully saturated rings. The fraction of sp³-hybridized carbons (Fsp3) is 0.476. The highest BCUT2D eigenvalue weighted by atomic mass is 19.1. The third-order valence-electron chi connectivity index (χ3n) is 5.54. The zero-order chi connectivity index (χ0) is 20.1. The highest BCUT2D eigenvalue weighted by molar-refractivity contribution is 5.76. The molecule has 150 valence electrons. The first-order valence-electron chi connectivity index (χ1n) is 9.65. The quantitative estimate of drug-likeness (QED) is 0.793. The summed E-state index contributed by atoms with van der Waals surface area (Å²) in [5.41, 5.74) is 1.90. The summed E-state index contributed by atoms with van der Waals surface area (Å²) in [6.45, 7) is 1.27. The van der Waals surface area contributed by atoms with Gasteiger partial charge in [0.15, 0.2) is 0 Å². The maximum absolute atomic E-state index is 13.2. The average Bonchev–Trinajstić information content (AvgIpc) is 3.10. The van der Waals surface area contributed by atoms with E-state index in [4.69, 9.17) is 0 Å². The number of carbonyl (C=O) groups excluding carboxylic acids is 1. The van der Waals surface area contributed by atoms with Gasteiger partial charge in [-0.2, -0.15) is 5.10 Å². The summed E-state index contributed by atoms with van der Waals surface area (Å²) in [7, 11) is 1.85. The molecule has 1 atom stereocenters. The molecule has 1 aliphatic heterocycles. The highest BCUT2D eigenvalue weighted by Gasteiger charge is 2.30. The van der Waals surface area contributed by atoms with E-state index >= 15 is 0 Å². The molecule has 0 unspecified atom stereocenters. The Labute approximate surface area is 164 Å². The first-order chi connectivity index (χ1) is 13.4. The lowest BCUT2D eigenvalue weighted by atomic mass is 9.78. The van der Waals surface area contributed by atoms with Crippen molar-refractivity contribution in [3.8, 4) is 0 Å². The monoisotopic (exact) mass is 387 g/mol. The summed E-state index contributed by atoms with van der Waals surface area (Å²) in [6.07, 6.45) is 6.35. The van der Waals surface area contributed by atoms with Crippen LogP contribution in [0.15, 0.2) is 36.7 Å². The summed E-state index contributed by atoms with van der Waals surface area (Å²) in [4.78, 5) is 25.7. The van der Waals surface area contributed by atoms with Crippen molar-refractivity contribution < 1.29 is 19.1 Å². The number of amides is 1. The molecule has 0 radical (unpaired) electrons. The van der Waals surface area contributed by atoms with Crippen molar-refractivity contribution in [2.75, 3.05) is 13.1 Å². The number of hydrogen-bond acceptors (Lipinski definition) is 3. The van der Waals surface area contributed by atoms with Gasteiger partial charge in [0.25, 0.3) is 0 Å². The van der Waals surface area contributed by atoms with E-state index in [-0.39, 0.29) is 30.0 Å². The van der Waals surface area contributed by atoms with E-state index in [1.54, 1.807) is 23.0 Å². The number of carboxylic acids is 1. The van der Waals surface area contributed by atoms with Crippen LogP contribution in [0.5, 0.6) is 0 Å². The van der Waals surface area contributed by atoms with Crippen molar-refractivity contribution in [1.82, 2.24) is 14.7 Å². The van der Waals surface area contributed by atoms with E-state index in [9.17, 15) is 19.1 Å². The molecule has 1 N–H and O–H groups in total. The maximum atomic E-state index is 13.2. The topological polar surface area (TPSA) is 75.4 Å². The molecule has 1 amide bonds. The number of nitrogens with zero attached hydrogens (tertiary/aromatic N) is 3. The minimum absolute atomic E-state index is 0.0191. The standard InChI is InChI=1S/C21H26FN3O3/c1-24-14-15(13-23-24)2-7-20(26)25-10-8-17(9-11-25)19(12-21(27)28)16-3-5-18(22)6-4-16/h3-6,13-14,17,19H,2,7-12H2,1H3,(H,27,28)/t19-/m0/s1. The Hall–Kier alpha value is -2.70. The molecule has 1 aromatic carbocycles.